The van der Waals surface area contributed by atoms with E-state index >= 15 is 0 Å². The molecule has 0 fully saturated rings. The largest absolute Gasteiger partial charge is 0.459 e. The SMILES string of the molecule is CN(C(=O)Cc1ccc(NC(=O)NCCNC(=O)c2ccco2)cc1)c1ccccc1. The lowest BCUT2D eigenvalue weighted by Gasteiger charge is -2.17. The van der Waals surface area contributed by atoms with Gasteiger partial charge in [-0.05, 0) is 42.0 Å². The predicted molar refractivity (Wildman–Crippen MR) is 118 cm³/mol. The number of nitrogens with one attached hydrogen (secondary N) is 3. The number of rotatable bonds is 8. The summed E-state index contributed by atoms with van der Waals surface area (Å²) < 4.78 is 4.99. The van der Waals surface area contributed by atoms with E-state index in [-0.39, 0.29) is 43.1 Å². The third kappa shape index (κ3) is 6.46. The molecular formula is C23H24N4O4. The summed E-state index contributed by atoms with van der Waals surface area (Å²) in [6, 6.07) is 19.3. The lowest BCUT2D eigenvalue weighted by atomic mass is 10.1. The lowest BCUT2D eigenvalue weighted by Crippen LogP contribution is -2.36. The van der Waals surface area contributed by atoms with Gasteiger partial charge in [0.25, 0.3) is 5.91 Å². The van der Waals surface area contributed by atoms with Gasteiger partial charge in [-0.3, -0.25) is 9.59 Å². The molecular weight excluding hydrogens is 396 g/mol. The highest BCUT2D eigenvalue weighted by atomic mass is 16.3. The van der Waals surface area contributed by atoms with Crippen molar-refractivity contribution in [1.29, 1.82) is 0 Å². The summed E-state index contributed by atoms with van der Waals surface area (Å²) in [6.45, 7) is 0.527. The van der Waals surface area contributed by atoms with Crippen LogP contribution in [0.15, 0.2) is 77.4 Å². The Morgan fingerprint density at radius 2 is 1.58 bits per heavy atom. The molecule has 0 radical (unpaired) electrons. The van der Waals surface area contributed by atoms with E-state index in [1.165, 1.54) is 6.26 Å². The Kier molecular flexibility index (Phi) is 7.42. The number of hydrogen-bond donors (Lipinski definition) is 3. The maximum absolute atomic E-state index is 12.5. The molecule has 2 aromatic carbocycles. The number of hydrogen-bond acceptors (Lipinski definition) is 4. The fourth-order valence-corrected chi connectivity index (χ4v) is 2.82. The van der Waals surface area contributed by atoms with Gasteiger partial charge in [0.15, 0.2) is 5.76 Å². The number of carbonyl (C=O) groups is 3. The number of furan rings is 1. The van der Waals surface area contributed by atoms with Gasteiger partial charge in [-0.15, -0.1) is 0 Å². The number of nitrogens with zero attached hydrogens (tertiary/aromatic N) is 1. The molecule has 4 amide bonds. The molecule has 31 heavy (non-hydrogen) atoms. The molecule has 0 spiro atoms. The number of urea groups is 1. The molecule has 0 unspecified atom stereocenters. The van der Waals surface area contributed by atoms with Gasteiger partial charge in [0.2, 0.25) is 5.91 Å². The summed E-state index contributed by atoms with van der Waals surface area (Å²) in [5.74, 6) is -0.144. The average Bonchev–Trinajstić information content (AvgIpc) is 3.33. The highest BCUT2D eigenvalue weighted by Gasteiger charge is 2.12. The zero-order valence-corrected chi connectivity index (χ0v) is 17.1. The molecule has 160 valence electrons. The number of benzene rings is 2. The van der Waals surface area contributed by atoms with Crippen molar-refractivity contribution in [2.24, 2.45) is 0 Å². The van der Waals surface area contributed by atoms with Crippen LogP contribution >= 0.6 is 0 Å². The number of amides is 4. The Labute approximate surface area is 180 Å². The lowest BCUT2D eigenvalue weighted by molar-refractivity contribution is -0.117. The van der Waals surface area contributed by atoms with Crippen LogP contribution in [0.1, 0.15) is 16.1 Å². The number of anilines is 2. The third-order valence-corrected chi connectivity index (χ3v) is 4.53. The minimum absolute atomic E-state index is 0.0266. The van der Waals surface area contributed by atoms with E-state index in [0.29, 0.717) is 5.69 Å². The van der Waals surface area contributed by atoms with Crippen molar-refractivity contribution in [2.75, 3.05) is 30.4 Å². The first-order valence-corrected chi connectivity index (χ1v) is 9.80. The molecule has 1 heterocycles. The zero-order chi connectivity index (χ0) is 22.1. The summed E-state index contributed by atoms with van der Waals surface area (Å²) in [5, 5.41) is 8.01. The van der Waals surface area contributed by atoms with Crippen LogP contribution in [0.3, 0.4) is 0 Å². The van der Waals surface area contributed by atoms with Gasteiger partial charge >= 0.3 is 6.03 Å². The van der Waals surface area contributed by atoms with Crippen molar-refractivity contribution in [3.8, 4) is 0 Å². The van der Waals surface area contributed by atoms with Gasteiger partial charge < -0.3 is 25.3 Å². The topological polar surface area (TPSA) is 104 Å². The summed E-state index contributed by atoms with van der Waals surface area (Å²) in [6.07, 6.45) is 1.68. The van der Waals surface area contributed by atoms with E-state index in [0.717, 1.165) is 11.3 Å². The van der Waals surface area contributed by atoms with Crippen molar-refractivity contribution >= 4 is 29.2 Å². The molecule has 8 heteroatoms. The fraction of sp³-hybridized carbons (Fsp3) is 0.174. The highest BCUT2D eigenvalue weighted by molar-refractivity contribution is 5.94. The molecule has 0 aliphatic carbocycles. The number of likely N-dealkylation sites (N-methyl/N-ethyl adjacent to an activating group) is 1. The van der Waals surface area contributed by atoms with Gasteiger partial charge in [0.1, 0.15) is 0 Å². The second kappa shape index (κ2) is 10.6. The van der Waals surface area contributed by atoms with Gasteiger partial charge in [-0.25, -0.2) is 4.79 Å². The molecule has 3 aromatic rings. The predicted octanol–water partition coefficient (Wildman–Crippen LogP) is 3.04. The quantitative estimate of drug-likeness (QED) is 0.487. The van der Waals surface area contributed by atoms with Crippen LogP contribution in [0, 0.1) is 0 Å². The standard InChI is InChI=1S/C23H24N4O4/c1-27(19-6-3-2-4-7-19)21(28)16-17-9-11-18(12-10-17)26-23(30)25-14-13-24-22(29)20-8-5-15-31-20/h2-12,15H,13-14,16H2,1H3,(H,24,29)(H2,25,26,30). The van der Waals surface area contributed by atoms with Gasteiger partial charge in [0.05, 0.1) is 12.7 Å². The first-order valence-electron chi connectivity index (χ1n) is 9.80. The van der Waals surface area contributed by atoms with E-state index in [1.54, 1.807) is 48.3 Å². The Morgan fingerprint density at radius 1 is 0.871 bits per heavy atom. The van der Waals surface area contributed by atoms with Crippen LogP contribution in [0.25, 0.3) is 0 Å². The van der Waals surface area contributed by atoms with Crippen molar-refractivity contribution in [2.45, 2.75) is 6.42 Å². The minimum Gasteiger partial charge on any atom is -0.459 e. The van der Waals surface area contributed by atoms with Crippen molar-refractivity contribution in [1.82, 2.24) is 10.6 Å². The van der Waals surface area contributed by atoms with Crippen LogP contribution in [0.4, 0.5) is 16.2 Å². The number of carbonyl (C=O) groups excluding carboxylic acids is 3. The molecule has 1 aromatic heterocycles. The molecule has 0 bridgehead atoms. The first-order chi connectivity index (χ1) is 15.0. The van der Waals surface area contributed by atoms with E-state index < -0.39 is 0 Å². The molecule has 3 N–H and O–H groups in total. The van der Waals surface area contributed by atoms with Crippen LogP contribution in [0.2, 0.25) is 0 Å². The molecule has 3 rings (SSSR count). The molecule has 0 saturated heterocycles. The maximum atomic E-state index is 12.5. The highest BCUT2D eigenvalue weighted by Crippen LogP contribution is 2.15. The van der Waals surface area contributed by atoms with Crippen molar-refractivity contribution < 1.29 is 18.8 Å². The van der Waals surface area contributed by atoms with E-state index in [1.807, 2.05) is 30.3 Å². The summed E-state index contributed by atoms with van der Waals surface area (Å²) in [5.41, 5.74) is 2.28. The number of para-hydroxylation sites is 1. The maximum Gasteiger partial charge on any atom is 0.319 e. The zero-order valence-electron chi connectivity index (χ0n) is 17.1. The molecule has 0 atom stereocenters. The second-order valence-electron chi connectivity index (χ2n) is 6.78. The van der Waals surface area contributed by atoms with Gasteiger partial charge in [-0.1, -0.05) is 30.3 Å². The van der Waals surface area contributed by atoms with E-state index in [2.05, 4.69) is 16.0 Å². The average molecular weight is 420 g/mol. The summed E-state index contributed by atoms with van der Waals surface area (Å²) in [4.78, 5) is 37.8. The van der Waals surface area contributed by atoms with Gasteiger partial charge in [-0.2, -0.15) is 0 Å². The molecule has 0 aliphatic rings. The Balaban J connectivity index is 1.40. The van der Waals surface area contributed by atoms with Crippen LogP contribution in [-0.2, 0) is 11.2 Å². The Bertz CT molecular complexity index is 1000. The van der Waals surface area contributed by atoms with Gasteiger partial charge in [0, 0.05) is 31.5 Å². The Hall–Kier alpha value is -4.07. The van der Waals surface area contributed by atoms with Crippen LogP contribution < -0.4 is 20.9 Å². The van der Waals surface area contributed by atoms with Crippen molar-refractivity contribution in [3.05, 3.63) is 84.3 Å². The molecule has 8 nitrogen and oxygen atoms in total. The third-order valence-electron chi connectivity index (χ3n) is 4.53. The van der Waals surface area contributed by atoms with Crippen LogP contribution in [0.5, 0.6) is 0 Å². The van der Waals surface area contributed by atoms with E-state index in [9.17, 15) is 14.4 Å². The summed E-state index contributed by atoms with van der Waals surface area (Å²) >= 11 is 0. The van der Waals surface area contributed by atoms with E-state index in [4.69, 9.17) is 4.42 Å². The summed E-state index contributed by atoms with van der Waals surface area (Å²) in [7, 11) is 1.75. The minimum atomic E-state index is -0.389. The smallest absolute Gasteiger partial charge is 0.319 e. The molecule has 0 saturated carbocycles. The first kappa shape index (κ1) is 21.6. The van der Waals surface area contributed by atoms with Crippen molar-refractivity contribution in [3.63, 3.8) is 0 Å². The Morgan fingerprint density at radius 3 is 2.26 bits per heavy atom. The molecule has 0 aliphatic heterocycles. The second-order valence-corrected chi connectivity index (χ2v) is 6.78. The monoisotopic (exact) mass is 420 g/mol. The fourth-order valence-electron chi connectivity index (χ4n) is 2.82. The van der Waals surface area contributed by atoms with Crippen LogP contribution in [-0.4, -0.2) is 38.0 Å². The normalized spacial score (nSPS) is 10.2.